The summed E-state index contributed by atoms with van der Waals surface area (Å²) in [7, 11) is 0. The highest BCUT2D eigenvalue weighted by atomic mass is 19.4. The quantitative estimate of drug-likeness (QED) is 0.551. The third kappa shape index (κ3) is 4.82. The molecular formula is C22H20F3NO4. The zero-order valence-corrected chi connectivity index (χ0v) is 16.6. The van der Waals surface area contributed by atoms with E-state index in [1.807, 2.05) is 0 Å². The van der Waals surface area contributed by atoms with Gasteiger partial charge in [-0.2, -0.15) is 13.2 Å². The maximum absolute atomic E-state index is 12.7. The molecule has 0 saturated heterocycles. The number of benzene rings is 2. The minimum absolute atomic E-state index is 0.0701. The summed E-state index contributed by atoms with van der Waals surface area (Å²) in [6, 6.07) is 9.72. The summed E-state index contributed by atoms with van der Waals surface area (Å²) in [6.45, 7) is 5.30. The van der Waals surface area contributed by atoms with Crippen molar-refractivity contribution >= 4 is 5.97 Å². The van der Waals surface area contributed by atoms with Crippen LogP contribution in [0.15, 0.2) is 46.9 Å². The first-order chi connectivity index (χ1) is 14.0. The molecule has 30 heavy (non-hydrogen) atoms. The van der Waals surface area contributed by atoms with E-state index in [1.165, 1.54) is 12.1 Å². The number of aryl methyl sites for hydroxylation is 2. The van der Waals surface area contributed by atoms with Gasteiger partial charge in [-0.1, -0.05) is 6.07 Å². The van der Waals surface area contributed by atoms with Gasteiger partial charge in [-0.25, -0.2) is 4.98 Å². The van der Waals surface area contributed by atoms with Crippen molar-refractivity contribution in [2.75, 3.05) is 0 Å². The number of ether oxygens (including phenoxy) is 1. The van der Waals surface area contributed by atoms with Crippen molar-refractivity contribution in [2.24, 2.45) is 0 Å². The Morgan fingerprint density at radius 3 is 2.40 bits per heavy atom. The average molecular weight is 419 g/mol. The van der Waals surface area contributed by atoms with Crippen LogP contribution in [-0.4, -0.2) is 16.1 Å². The number of carboxylic acid groups (broad SMARTS) is 1. The van der Waals surface area contributed by atoms with Gasteiger partial charge in [-0.05, 0) is 68.3 Å². The van der Waals surface area contributed by atoms with Crippen molar-refractivity contribution in [1.82, 2.24) is 4.98 Å². The van der Waals surface area contributed by atoms with Crippen LogP contribution in [-0.2, 0) is 17.4 Å². The van der Waals surface area contributed by atoms with Gasteiger partial charge in [0.25, 0.3) is 0 Å². The van der Waals surface area contributed by atoms with Gasteiger partial charge in [0.15, 0.2) is 11.9 Å². The second-order valence-corrected chi connectivity index (χ2v) is 6.96. The Hall–Kier alpha value is -3.29. The van der Waals surface area contributed by atoms with Crippen LogP contribution in [0.4, 0.5) is 13.2 Å². The number of oxazole rings is 1. The van der Waals surface area contributed by atoms with Crippen LogP contribution in [0, 0.1) is 13.8 Å². The zero-order chi connectivity index (χ0) is 22.1. The van der Waals surface area contributed by atoms with Crippen LogP contribution in [0.1, 0.15) is 41.2 Å². The molecule has 0 aliphatic rings. The van der Waals surface area contributed by atoms with E-state index in [9.17, 15) is 18.0 Å². The molecule has 0 bridgehead atoms. The monoisotopic (exact) mass is 419 g/mol. The molecule has 3 aromatic rings. The first-order valence-electron chi connectivity index (χ1n) is 9.17. The van der Waals surface area contributed by atoms with E-state index in [0.29, 0.717) is 28.3 Å². The lowest BCUT2D eigenvalue weighted by molar-refractivity contribution is -0.138. The van der Waals surface area contributed by atoms with E-state index in [0.717, 1.165) is 17.7 Å². The summed E-state index contributed by atoms with van der Waals surface area (Å²) in [5.74, 6) is 0.297. The topological polar surface area (TPSA) is 72.6 Å². The molecule has 8 heteroatoms. The van der Waals surface area contributed by atoms with Gasteiger partial charge in [-0.15, -0.1) is 0 Å². The highest BCUT2D eigenvalue weighted by molar-refractivity contribution is 5.70. The number of hydrogen-bond donors (Lipinski definition) is 1. The number of hydrogen-bond acceptors (Lipinski definition) is 4. The van der Waals surface area contributed by atoms with Crippen molar-refractivity contribution in [3.63, 3.8) is 0 Å². The fourth-order valence-electron chi connectivity index (χ4n) is 3.07. The van der Waals surface area contributed by atoms with Gasteiger partial charge >= 0.3 is 12.1 Å². The molecule has 3 rings (SSSR count). The van der Waals surface area contributed by atoms with Crippen molar-refractivity contribution in [2.45, 2.75) is 39.5 Å². The van der Waals surface area contributed by atoms with Crippen molar-refractivity contribution in [3.05, 3.63) is 70.6 Å². The molecule has 158 valence electrons. The van der Waals surface area contributed by atoms with Crippen molar-refractivity contribution < 1.29 is 32.2 Å². The predicted molar refractivity (Wildman–Crippen MR) is 103 cm³/mol. The normalized spacial score (nSPS) is 12.6. The van der Waals surface area contributed by atoms with Gasteiger partial charge in [0, 0.05) is 5.56 Å². The second-order valence-electron chi connectivity index (χ2n) is 6.96. The van der Waals surface area contributed by atoms with E-state index in [1.54, 1.807) is 39.0 Å². The summed E-state index contributed by atoms with van der Waals surface area (Å²) >= 11 is 0. The fourth-order valence-corrected chi connectivity index (χ4v) is 3.07. The first kappa shape index (κ1) is 21.4. The number of alkyl halides is 3. The molecule has 0 unspecified atom stereocenters. The standard InChI is InChI=1S/C22H20F3NO4/c1-12-10-18(9-6-16(12)11-19(27)28)29-14(3)20-13(2)26-21(30-20)15-4-7-17(8-5-15)22(23,24)25/h4-10,14H,11H2,1-3H3,(H,27,28)/t14-/m0/s1. The van der Waals surface area contributed by atoms with Gasteiger partial charge in [0.2, 0.25) is 5.89 Å². The van der Waals surface area contributed by atoms with E-state index in [4.69, 9.17) is 14.3 Å². The molecule has 0 spiro atoms. The van der Waals surface area contributed by atoms with Crippen LogP contribution in [0.25, 0.3) is 11.5 Å². The summed E-state index contributed by atoms with van der Waals surface area (Å²) in [4.78, 5) is 15.2. The predicted octanol–water partition coefficient (Wildman–Crippen LogP) is 5.74. The van der Waals surface area contributed by atoms with Gasteiger partial charge in [0.05, 0.1) is 17.7 Å². The molecule has 1 atom stereocenters. The summed E-state index contributed by atoms with van der Waals surface area (Å²) < 4.78 is 49.9. The highest BCUT2D eigenvalue weighted by Crippen LogP contribution is 2.33. The van der Waals surface area contributed by atoms with Crippen LogP contribution < -0.4 is 4.74 Å². The number of carbonyl (C=O) groups is 1. The van der Waals surface area contributed by atoms with E-state index < -0.39 is 23.8 Å². The van der Waals surface area contributed by atoms with Gasteiger partial charge in [-0.3, -0.25) is 4.79 Å². The molecule has 5 nitrogen and oxygen atoms in total. The smallest absolute Gasteiger partial charge is 0.416 e. The summed E-state index contributed by atoms with van der Waals surface area (Å²) in [5, 5.41) is 8.93. The first-order valence-corrected chi connectivity index (χ1v) is 9.17. The molecule has 1 heterocycles. The third-order valence-corrected chi connectivity index (χ3v) is 4.63. The van der Waals surface area contributed by atoms with Crippen LogP contribution >= 0.6 is 0 Å². The summed E-state index contributed by atoms with van der Waals surface area (Å²) in [6.07, 6.45) is -4.98. The molecule has 0 saturated carbocycles. The largest absolute Gasteiger partial charge is 0.483 e. The van der Waals surface area contributed by atoms with Crippen LogP contribution in [0.5, 0.6) is 5.75 Å². The number of aromatic nitrogens is 1. The lowest BCUT2D eigenvalue weighted by Gasteiger charge is -2.14. The lowest BCUT2D eigenvalue weighted by Crippen LogP contribution is -2.05. The molecule has 1 aromatic heterocycles. The van der Waals surface area contributed by atoms with Gasteiger partial charge < -0.3 is 14.3 Å². The Morgan fingerprint density at radius 2 is 1.83 bits per heavy atom. The van der Waals surface area contributed by atoms with Crippen molar-refractivity contribution in [3.8, 4) is 17.2 Å². The summed E-state index contributed by atoms with van der Waals surface area (Å²) in [5.41, 5.74) is 1.74. The number of aliphatic carboxylic acids is 1. The Balaban J connectivity index is 1.78. The molecule has 0 radical (unpaired) electrons. The van der Waals surface area contributed by atoms with E-state index >= 15 is 0 Å². The van der Waals surface area contributed by atoms with Crippen molar-refractivity contribution in [1.29, 1.82) is 0 Å². The Bertz CT molecular complexity index is 1060. The number of carboxylic acids is 1. The highest BCUT2D eigenvalue weighted by Gasteiger charge is 2.30. The van der Waals surface area contributed by atoms with E-state index in [2.05, 4.69) is 4.98 Å². The van der Waals surface area contributed by atoms with E-state index in [-0.39, 0.29) is 12.3 Å². The van der Waals surface area contributed by atoms with Gasteiger partial charge in [0.1, 0.15) is 5.75 Å². The molecule has 2 aromatic carbocycles. The lowest BCUT2D eigenvalue weighted by atomic mass is 10.1. The SMILES string of the molecule is Cc1cc(O[C@@H](C)c2oc(-c3ccc(C(F)(F)F)cc3)nc2C)ccc1CC(=O)O. The van der Waals surface area contributed by atoms with Crippen LogP contribution in [0.2, 0.25) is 0 Å². The van der Waals surface area contributed by atoms with Crippen LogP contribution in [0.3, 0.4) is 0 Å². The second kappa shape index (κ2) is 8.22. The maximum Gasteiger partial charge on any atom is 0.416 e. The number of nitrogens with zero attached hydrogens (tertiary/aromatic N) is 1. The molecular weight excluding hydrogens is 399 g/mol. The Morgan fingerprint density at radius 1 is 1.17 bits per heavy atom. The Kier molecular flexibility index (Phi) is 5.87. The molecule has 1 N–H and O–H groups in total. The Labute approximate surface area is 171 Å². The molecule has 0 aliphatic carbocycles. The zero-order valence-electron chi connectivity index (χ0n) is 16.6. The maximum atomic E-state index is 12.7. The fraction of sp³-hybridized carbons (Fsp3) is 0.273. The number of rotatable bonds is 6. The minimum Gasteiger partial charge on any atom is -0.483 e. The third-order valence-electron chi connectivity index (χ3n) is 4.63. The minimum atomic E-state index is -4.41. The molecule has 0 amide bonds. The molecule has 0 fully saturated rings. The average Bonchev–Trinajstić information content (AvgIpc) is 3.05. The number of halogens is 3. The molecule has 0 aliphatic heterocycles.